The fourth-order valence-corrected chi connectivity index (χ4v) is 1.02. The molecule has 0 radical (unpaired) electrons. The molecule has 0 heterocycles. The fraction of sp³-hybridized carbons (Fsp3) is 0.250. The van der Waals surface area contributed by atoms with Gasteiger partial charge < -0.3 is 5.11 Å². The van der Waals surface area contributed by atoms with Gasteiger partial charge in [-0.2, -0.15) is 0 Å². The Bertz CT molecular complexity index is 360. The SMILES string of the molecule is OCc1c(F)c(F)c(C(F)F)c(F)c1F. The summed E-state index contributed by atoms with van der Waals surface area (Å²) in [6.07, 6.45) is -3.68. The van der Waals surface area contributed by atoms with E-state index in [-0.39, 0.29) is 0 Å². The monoisotopic (exact) mass is 230 g/mol. The van der Waals surface area contributed by atoms with Crippen molar-refractivity contribution in [2.75, 3.05) is 0 Å². The zero-order chi connectivity index (χ0) is 11.7. The minimum absolute atomic E-state index is 1.31. The summed E-state index contributed by atoms with van der Waals surface area (Å²) in [5.41, 5.74) is -3.28. The molecule has 1 N–H and O–H groups in total. The van der Waals surface area contributed by atoms with Crippen LogP contribution < -0.4 is 0 Å². The van der Waals surface area contributed by atoms with Crippen LogP contribution in [0.4, 0.5) is 26.3 Å². The summed E-state index contributed by atoms with van der Waals surface area (Å²) in [5.74, 6) is -8.39. The van der Waals surface area contributed by atoms with Gasteiger partial charge in [0.05, 0.1) is 17.7 Å². The normalized spacial score (nSPS) is 11.2. The summed E-state index contributed by atoms with van der Waals surface area (Å²) in [4.78, 5) is 0. The molecular weight excluding hydrogens is 226 g/mol. The third-order valence-electron chi connectivity index (χ3n) is 1.76. The zero-order valence-corrected chi connectivity index (χ0v) is 7.00. The molecule has 0 aromatic heterocycles. The Labute approximate surface area is 79.9 Å². The van der Waals surface area contributed by atoms with Gasteiger partial charge in [-0.3, -0.25) is 0 Å². The molecule has 0 unspecified atom stereocenters. The molecule has 0 aliphatic heterocycles. The Kier molecular flexibility index (Phi) is 3.23. The van der Waals surface area contributed by atoms with Gasteiger partial charge in [0.1, 0.15) is 0 Å². The molecule has 0 fully saturated rings. The van der Waals surface area contributed by atoms with E-state index in [1.54, 1.807) is 0 Å². The van der Waals surface area contributed by atoms with Crippen LogP contribution in [0.15, 0.2) is 0 Å². The van der Waals surface area contributed by atoms with Crippen molar-refractivity contribution < 1.29 is 31.4 Å². The van der Waals surface area contributed by atoms with E-state index in [1.807, 2.05) is 0 Å². The number of alkyl halides is 2. The van der Waals surface area contributed by atoms with Gasteiger partial charge >= 0.3 is 0 Å². The summed E-state index contributed by atoms with van der Waals surface area (Å²) < 4.78 is 75.1. The fourth-order valence-electron chi connectivity index (χ4n) is 1.02. The van der Waals surface area contributed by atoms with Crippen molar-refractivity contribution in [1.82, 2.24) is 0 Å². The van der Waals surface area contributed by atoms with Crippen LogP contribution in [0.2, 0.25) is 0 Å². The minimum Gasteiger partial charge on any atom is -0.391 e. The van der Waals surface area contributed by atoms with Gasteiger partial charge in [-0.05, 0) is 0 Å². The highest BCUT2D eigenvalue weighted by molar-refractivity contribution is 5.30. The average Bonchev–Trinajstić information content (AvgIpc) is 2.16. The van der Waals surface area contributed by atoms with Crippen LogP contribution in [0, 0.1) is 23.3 Å². The lowest BCUT2D eigenvalue weighted by molar-refractivity contribution is 0.137. The van der Waals surface area contributed by atoms with Crippen molar-refractivity contribution in [3.05, 3.63) is 34.4 Å². The first kappa shape index (κ1) is 11.8. The first-order valence-electron chi connectivity index (χ1n) is 3.65. The molecule has 7 heteroatoms. The third kappa shape index (κ3) is 1.79. The maximum Gasteiger partial charge on any atom is 0.269 e. The number of hydrogen-bond donors (Lipinski definition) is 1. The summed E-state index contributed by atoms with van der Waals surface area (Å²) in [7, 11) is 0. The lowest BCUT2D eigenvalue weighted by atomic mass is 10.1. The highest BCUT2D eigenvalue weighted by atomic mass is 19.3. The predicted octanol–water partition coefficient (Wildman–Crippen LogP) is 2.67. The lowest BCUT2D eigenvalue weighted by Gasteiger charge is -2.09. The topological polar surface area (TPSA) is 20.2 Å². The molecule has 0 amide bonds. The van der Waals surface area contributed by atoms with Crippen LogP contribution in [0.1, 0.15) is 17.6 Å². The van der Waals surface area contributed by atoms with Gasteiger partial charge in [-0.1, -0.05) is 0 Å². The van der Waals surface area contributed by atoms with E-state index in [0.29, 0.717) is 0 Å². The standard InChI is InChI=1S/C8H4F6O/c9-4-2(1-15)5(10)7(12)3(6(4)11)8(13)14/h8,15H,1H2. The number of rotatable bonds is 2. The van der Waals surface area contributed by atoms with Crippen molar-refractivity contribution >= 4 is 0 Å². The predicted molar refractivity (Wildman–Crippen MR) is 37.2 cm³/mol. The molecule has 15 heavy (non-hydrogen) atoms. The van der Waals surface area contributed by atoms with Crippen LogP contribution in [0.5, 0.6) is 0 Å². The summed E-state index contributed by atoms with van der Waals surface area (Å²) in [5, 5.41) is 8.38. The molecule has 84 valence electrons. The van der Waals surface area contributed by atoms with Gasteiger partial charge in [0.15, 0.2) is 23.3 Å². The van der Waals surface area contributed by atoms with E-state index in [4.69, 9.17) is 5.11 Å². The molecule has 0 aliphatic rings. The number of aliphatic hydroxyl groups is 1. The van der Waals surface area contributed by atoms with E-state index in [1.165, 1.54) is 0 Å². The Morgan fingerprint density at radius 2 is 1.27 bits per heavy atom. The molecule has 0 spiro atoms. The van der Waals surface area contributed by atoms with Crippen molar-refractivity contribution in [3.8, 4) is 0 Å². The second kappa shape index (κ2) is 4.09. The smallest absolute Gasteiger partial charge is 0.269 e. The molecule has 0 atom stereocenters. The Balaban J connectivity index is 3.59. The van der Waals surface area contributed by atoms with Gasteiger partial charge in [0.25, 0.3) is 6.43 Å². The first-order chi connectivity index (χ1) is 6.91. The van der Waals surface area contributed by atoms with Crippen LogP contribution in [-0.2, 0) is 6.61 Å². The van der Waals surface area contributed by atoms with E-state index in [2.05, 4.69) is 0 Å². The largest absolute Gasteiger partial charge is 0.391 e. The molecule has 1 nitrogen and oxygen atoms in total. The molecule has 0 saturated carbocycles. The van der Waals surface area contributed by atoms with Gasteiger partial charge in [0, 0.05) is 0 Å². The van der Waals surface area contributed by atoms with Gasteiger partial charge in [-0.15, -0.1) is 0 Å². The number of hydrogen-bond acceptors (Lipinski definition) is 1. The van der Waals surface area contributed by atoms with Crippen LogP contribution in [0.25, 0.3) is 0 Å². The maximum absolute atomic E-state index is 12.8. The molecule has 1 aromatic rings. The van der Waals surface area contributed by atoms with Crippen molar-refractivity contribution in [3.63, 3.8) is 0 Å². The molecule has 1 rings (SSSR count). The molecule has 0 saturated heterocycles. The Morgan fingerprint density at radius 1 is 0.867 bits per heavy atom. The van der Waals surface area contributed by atoms with Crippen molar-refractivity contribution in [1.29, 1.82) is 0 Å². The minimum atomic E-state index is -3.68. The second-order valence-corrected chi connectivity index (χ2v) is 2.61. The van der Waals surface area contributed by atoms with Gasteiger partial charge in [-0.25, -0.2) is 26.3 Å². The van der Waals surface area contributed by atoms with Crippen LogP contribution >= 0.6 is 0 Å². The highest BCUT2D eigenvalue weighted by Crippen LogP contribution is 2.30. The summed E-state index contributed by atoms with van der Waals surface area (Å²) in [6, 6.07) is 0. The molecule has 0 bridgehead atoms. The molecule has 1 aromatic carbocycles. The van der Waals surface area contributed by atoms with Crippen molar-refractivity contribution in [2.45, 2.75) is 13.0 Å². The zero-order valence-electron chi connectivity index (χ0n) is 7.00. The Morgan fingerprint density at radius 3 is 1.53 bits per heavy atom. The average molecular weight is 230 g/mol. The van der Waals surface area contributed by atoms with Crippen molar-refractivity contribution in [2.24, 2.45) is 0 Å². The van der Waals surface area contributed by atoms with Crippen LogP contribution in [-0.4, -0.2) is 5.11 Å². The summed E-state index contributed by atoms with van der Waals surface area (Å²) >= 11 is 0. The van der Waals surface area contributed by atoms with E-state index >= 15 is 0 Å². The summed E-state index contributed by atoms with van der Waals surface area (Å²) in [6.45, 7) is -1.32. The first-order valence-corrected chi connectivity index (χ1v) is 3.65. The third-order valence-corrected chi connectivity index (χ3v) is 1.76. The number of benzene rings is 1. The lowest BCUT2D eigenvalue weighted by Crippen LogP contribution is -2.09. The highest BCUT2D eigenvalue weighted by Gasteiger charge is 2.29. The number of halogens is 6. The van der Waals surface area contributed by atoms with E-state index in [9.17, 15) is 26.3 Å². The van der Waals surface area contributed by atoms with Crippen LogP contribution in [0.3, 0.4) is 0 Å². The molecular formula is C8H4F6O. The van der Waals surface area contributed by atoms with E-state index in [0.717, 1.165) is 0 Å². The number of aliphatic hydroxyl groups excluding tert-OH is 1. The molecule has 0 aliphatic carbocycles. The Hall–Kier alpha value is -1.24. The van der Waals surface area contributed by atoms with E-state index < -0.39 is 47.4 Å². The van der Waals surface area contributed by atoms with Gasteiger partial charge in [0.2, 0.25) is 0 Å². The second-order valence-electron chi connectivity index (χ2n) is 2.61. The quantitative estimate of drug-likeness (QED) is 0.611. The maximum atomic E-state index is 12.8.